The van der Waals surface area contributed by atoms with Crippen molar-refractivity contribution >= 4 is 30.4 Å². The Labute approximate surface area is 122 Å². The maximum atomic E-state index is 12.3. The Balaban J connectivity index is 3.06. The monoisotopic (exact) mass is 422 g/mol. The van der Waals surface area contributed by atoms with Crippen molar-refractivity contribution in [2.75, 3.05) is 13.7 Å². The summed E-state index contributed by atoms with van der Waals surface area (Å²) in [6, 6.07) is 7.76. The van der Waals surface area contributed by atoms with Crippen molar-refractivity contribution in [3.63, 3.8) is 0 Å². The van der Waals surface area contributed by atoms with Crippen LogP contribution in [0.4, 0.5) is 13.2 Å². The van der Waals surface area contributed by atoms with E-state index in [0.717, 1.165) is 0 Å². The van der Waals surface area contributed by atoms with Crippen LogP contribution in [0.3, 0.4) is 0 Å². The SMILES string of the molecule is COCC#CI(OS(=O)(=O)C(F)(F)F)c1ccccc1. The zero-order valence-electron chi connectivity index (χ0n) is 10.1. The van der Waals surface area contributed by atoms with Crippen LogP contribution in [0, 0.1) is 13.4 Å². The van der Waals surface area contributed by atoms with E-state index in [1.54, 1.807) is 18.2 Å². The van der Waals surface area contributed by atoms with E-state index in [0.29, 0.717) is 3.57 Å². The van der Waals surface area contributed by atoms with Crippen LogP contribution in [0.15, 0.2) is 30.3 Å². The van der Waals surface area contributed by atoms with Gasteiger partial charge in [0.2, 0.25) is 0 Å². The van der Waals surface area contributed by atoms with Crippen molar-refractivity contribution in [3.8, 4) is 9.85 Å². The van der Waals surface area contributed by atoms with Gasteiger partial charge in [-0.1, -0.05) is 0 Å². The molecule has 1 aromatic carbocycles. The molecule has 0 aliphatic carbocycles. The summed E-state index contributed by atoms with van der Waals surface area (Å²) >= 11 is -3.30. The van der Waals surface area contributed by atoms with Crippen molar-refractivity contribution in [3.05, 3.63) is 33.9 Å². The number of hydrogen-bond acceptors (Lipinski definition) is 4. The molecule has 0 heterocycles. The molecule has 20 heavy (non-hydrogen) atoms. The first kappa shape index (κ1) is 17.2. The van der Waals surface area contributed by atoms with Crippen LogP contribution in [0.1, 0.15) is 0 Å². The van der Waals surface area contributed by atoms with E-state index in [-0.39, 0.29) is 6.61 Å². The summed E-state index contributed by atoms with van der Waals surface area (Å²) in [5.74, 6) is 2.45. The summed E-state index contributed by atoms with van der Waals surface area (Å²) in [5, 5.41) is 0. The maximum absolute atomic E-state index is 12.3. The molecule has 1 aromatic rings. The Hall–Kier alpha value is -0.830. The molecule has 0 aliphatic rings. The van der Waals surface area contributed by atoms with E-state index in [2.05, 4.69) is 17.1 Å². The van der Waals surface area contributed by atoms with Gasteiger partial charge in [0.1, 0.15) is 0 Å². The van der Waals surface area contributed by atoms with Gasteiger partial charge in [-0.05, 0) is 0 Å². The Kier molecular flexibility index (Phi) is 6.25. The molecule has 0 bridgehead atoms. The molecule has 4 nitrogen and oxygen atoms in total. The fourth-order valence-corrected chi connectivity index (χ4v) is 6.06. The van der Waals surface area contributed by atoms with Gasteiger partial charge in [-0.25, -0.2) is 0 Å². The summed E-state index contributed by atoms with van der Waals surface area (Å²) in [5.41, 5.74) is -5.46. The quantitative estimate of drug-likeness (QED) is 0.426. The van der Waals surface area contributed by atoms with E-state index in [9.17, 15) is 21.6 Å². The predicted octanol–water partition coefficient (Wildman–Crippen LogP) is 2.75. The van der Waals surface area contributed by atoms with Crippen molar-refractivity contribution in [1.29, 1.82) is 0 Å². The molecule has 0 aromatic heterocycles. The molecule has 0 amide bonds. The Bertz CT molecular complexity index is 590. The second-order valence-corrected chi connectivity index (χ2v) is 8.99. The van der Waals surface area contributed by atoms with E-state index in [1.807, 2.05) is 0 Å². The molecule has 1 rings (SSSR count). The molecule has 9 heteroatoms. The first-order valence-electron chi connectivity index (χ1n) is 5.01. The van der Waals surface area contributed by atoms with Gasteiger partial charge < -0.3 is 0 Å². The average molecular weight is 422 g/mol. The summed E-state index contributed by atoms with van der Waals surface area (Å²) in [6.45, 7) is -0.0176. The number of alkyl halides is 3. The van der Waals surface area contributed by atoms with Gasteiger partial charge in [0.15, 0.2) is 0 Å². The molecule has 0 N–H and O–H groups in total. The molecular formula is C11H10F3IO4S. The molecule has 0 spiro atoms. The first-order chi connectivity index (χ1) is 9.28. The topological polar surface area (TPSA) is 52.6 Å². The number of hydrogen-bond donors (Lipinski definition) is 0. The molecule has 0 fully saturated rings. The zero-order chi connectivity index (χ0) is 15.2. The minimum absolute atomic E-state index is 0.0176. The number of benzene rings is 1. The molecule has 0 saturated carbocycles. The van der Waals surface area contributed by atoms with Crippen LogP contribution in [-0.4, -0.2) is 27.6 Å². The number of halogens is 4. The van der Waals surface area contributed by atoms with E-state index in [1.165, 1.54) is 19.2 Å². The van der Waals surface area contributed by atoms with Gasteiger partial charge in [-0.3, -0.25) is 0 Å². The van der Waals surface area contributed by atoms with Crippen LogP contribution < -0.4 is 0 Å². The molecule has 0 radical (unpaired) electrons. The van der Waals surface area contributed by atoms with E-state index in [4.69, 9.17) is 0 Å². The predicted molar refractivity (Wildman–Crippen MR) is 74.9 cm³/mol. The fraction of sp³-hybridized carbons (Fsp3) is 0.273. The van der Waals surface area contributed by atoms with Crippen molar-refractivity contribution in [2.45, 2.75) is 5.51 Å². The zero-order valence-corrected chi connectivity index (χ0v) is 13.1. The Morgan fingerprint density at radius 3 is 2.35 bits per heavy atom. The molecular weight excluding hydrogens is 412 g/mol. The summed E-state index contributed by atoms with van der Waals surface area (Å²) in [4.78, 5) is 0. The van der Waals surface area contributed by atoms with Crippen LogP contribution in [-0.2, 0) is 17.4 Å². The van der Waals surface area contributed by atoms with Crippen LogP contribution in [0.25, 0.3) is 0 Å². The molecule has 0 saturated heterocycles. The Morgan fingerprint density at radius 2 is 1.85 bits per heavy atom. The van der Waals surface area contributed by atoms with Gasteiger partial charge in [-0.2, -0.15) is 0 Å². The molecule has 0 unspecified atom stereocenters. The molecule has 112 valence electrons. The average Bonchev–Trinajstić information content (AvgIpc) is 2.37. The second kappa shape index (κ2) is 7.26. The van der Waals surface area contributed by atoms with Gasteiger partial charge in [0.25, 0.3) is 0 Å². The summed E-state index contributed by atoms with van der Waals surface area (Å²) in [7, 11) is -4.29. The van der Waals surface area contributed by atoms with E-state index < -0.39 is 35.9 Å². The van der Waals surface area contributed by atoms with Gasteiger partial charge in [0, 0.05) is 0 Å². The third-order valence-electron chi connectivity index (χ3n) is 1.73. The standard InChI is InChI=1S/C11H10F3IO4S/c1-18-9-5-8-15(10-6-3-2-4-7-10)19-20(16,17)11(12,13)14/h2-4,6-7H,9H2,1H3. The first-order valence-corrected chi connectivity index (χ1v) is 9.46. The molecule has 0 atom stereocenters. The van der Waals surface area contributed by atoms with Crippen molar-refractivity contribution < 1.29 is 28.8 Å². The van der Waals surface area contributed by atoms with Gasteiger partial charge in [0.05, 0.1) is 0 Å². The Morgan fingerprint density at radius 1 is 1.25 bits per heavy atom. The number of methoxy groups -OCH3 is 1. The fourth-order valence-electron chi connectivity index (χ4n) is 0.915. The minimum atomic E-state index is -5.66. The normalized spacial score (nSPS) is 12.5. The molecule has 0 aliphatic heterocycles. The van der Waals surface area contributed by atoms with Gasteiger partial charge in [-0.15, -0.1) is 0 Å². The van der Waals surface area contributed by atoms with Gasteiger partial charge >= 0.3 is 122 Å². The third-order valence-corrected chi connectivity index (χ3v) is 7.81. The summed E-state index contributed by atoms with van der Waals surface area (Å²) < 4.78 is 70.9. The number of rotatable bonds is 4. The van der Waals surface area contributed by atoms with Crippen molar-refractivity contribution in [1.82, 2.24) is 0 Å². The van der Waals surface area contributed by atoms with Crippen LogP contribution >= 0.6 is 20.2 Å². The van der Waals surface area contributed by atoms with E-state index >= 15 is 0 Å². The van der Waals surface area contributed by atoms with Crippen LogP contribution in [0.5, 0.6) is 0 Å². The summed E-state index contributed by atoms with van der Waals surface area (Å²) in [6.07, 6.45) is 0. The second-order valence-electron chi connectivity index (χ2n) is 3.21. The third kappa shape index (κ3) is 4.93. The number of ether oxygens (including phenoxy) is 1. The van der Waals surface area contributed by atoms with Crippen molar-refractivity contribution in [2.24, 2.45) is 0 Å². The van der Waals surface area contributed by atoms with Crippen LogP contribution in [0.2, 0.25) is 0 Å².